The minimum atomic E-state index is -4.62. The van der Waals surface area contributed by atoms with E-state index >= 15 is 0 Å². The molecule has 0 bridgehead atoms. The summed E-state index contributed by atoms with van der Waals surface area (Å²) in [6, 6.07) is 0. The predicted octanol–water partition coefficient (Wildman–Crippen LogP) is 2.04. The molecule has 1 atom stereocenters. The quantitative estimate of drug-likeness (QED) is 0.0840. The van der Waals surface area contributed by atoms with E-state index in [1.54, 1.807) is 0 Å². The van der Waals surface area contributed by atoms with Gasteiger partial charge in [-0.3, -0.25) is 9.32 Å². The smallest absolute Gasteiger partial charge is 0.463 e. The second-order valence-electron chi connectivity index (χ2n) is 7.46. The molecule has 0 radical (unpaired) electrons. The number of hydrogen-bond donors (Lipinski definition) is 3. The second kappa shape index (κ2) is 22.5. The molecular weight excluding hydrogens is 418 g/mol. The van der Waals surface area contributed by atoms with Crippen molar-refractivity contribution in [1.82, 2.24) is 0 Å². The van der Waals surface area contributed by atoms with Crippen LogP contribution in [0, 0.1) is 0 Å². The Morgan fingerprint density at radius 2 is 1.37 bits per heavy atom. The van der Waals surface area contributed by atoms with E-state index in [2.05, 4.69) is 23.6 Å². The number of carbonyl (C=O) groups excluding carboxylic acids is 1. The second-order valence-corrected chi connectivity index (χ2v) is 8.70. The first-order valence-electron chi connectivity index (χ1n) is 11.0. The third kappa shape index (κ3) is 26.3. The Morgan fingerprint density at radius 3 is 1.90 bits per heavy atom. The summed E-state index contributed by atoms with van der Waals surface area (Å²) in [7, 11) is -4.62. The number of carbonyl (C=O) groups is 1. The van der Waals surface area contributed by atoms with Crippen molar-refractivity contribution in [3.8, 4) is 0 Å². The molecule has 0 aliphatic heterocycles. The van der Waals surface area contributed by atoms with Gasteiger partial charge in [0.25, 0.3) is 0 Å². The SMILES string of the molecule is CCCCCCCC/C=C\CCCCCCCC(=O)OC[C@@H](O)COP(=O)(O)O.[Na+]. The van der Waals surface area contributed by atoms with Gasteiger partial charge in [0, 0.05) is 6.42 Å². The van der Waals surface area contributed by atoms with Gasteiger partial charge in [0.1, 0.15) is 12.7 Å². The van der Waals surface area contributed by atoms with E-state index in [0.29, 0.717) is 0 Å². The molecule has 0 amide bonds. The van der Waals surface area contributed by atoms with Gasteiger partial charge >= 0.3 is 43.3 Å². The average molecular weight is 460 g/mol. The molecule has 0 aliphatic rings. The number of allylic oxidation sites excluding steroid dienone is 2. The molecule has 0 spiro atoms. The van der Waals surface area contributed by atoms with Crippen LogP contribution in [0.25, 0.3) is 0 Å². The van der Waals surface area contributed by atoms with Gasteiger partial charge in [-0.05, 0) is 32.1 Å². The van der Waals surface area contributed by atoms with Gasteiger partial charge in [0.2, 0.25) is 0 Å². The Labute approximate surface area is 204 Å². The van der Waals surface area contributed by atoms with Crippen LogP contribution in [0.15, 0.2) is 12.2 Å². The molecule has 30 heavy (non-hydrogen) atoms. The van der Waals surface area contributed by atoms with Crippen molar-refractivity contribution in [2.45, 2.75) is 103 Å². The topological polar surface area (TPSA) is 113 Å². The summed E-state index contributed by atoms with van der Waals surface area (Å²) in [4.78, 5) is 28.6. The number of aliphatic hydroxyl groups excluding tert-OH is 1. The van der Waals surface area contributed by atoms with Crippen LogP contribution in [-0.4, -0.2) is 40.2 Å². The van der Waals surface area contributed by atoms with Crippen molar-refractivity contribution < 1.29 is 63.1 Å². The summed E-state index contributed by atoms with van der Waals surface area (Å²) in [6.45, 7) is 1.33. The first-order valence-corrected chi connectivity index (χ1v) is 12.6. The standard InChI is InChI=1S/C21H41O7P.Na/c1-2-3-4-5-6-7-8-9-10-11-12-13-14-15-16-17-21(23)27-18-20(22)19-28-29(24,25)26;/h9-10,20,22H,2-8,11-19H2,1H3,(H2,24,25,26);/q;+1/b10-9-;/t20-;/m1./s1. The fourth-order valence-electron chi connectivity index (χ4n) is 2.83. The molecule has 0 aromatic rings. The van der Waals surface area contributed by atoms with Crippen LogP contribution in [0.4, 0.5) is 0 Å². The fraction of sp³-hybridized carbons (Fsp3) is 0.857. The van der Waals surface area contributed by atoms with Gasteiger partial charge in [0.05, 0.1) is 6.61 Å². The third-order valence-electron chi connectivity index (χ3n) is 4.51. The fourth-order valence-corrected chi connectivity index (χ4v) is 3.20. The maximum absolute atomic E-state index is 11.5. The molecule has 0 aliphatic carbocycles. The summed E-state index contributed by atoms with van der Waals surface area (Å²) < 4.78 is 19.5. The van der Waals surface area contributed by atoms with Crippen LogP contribution in [0.3, 0.4) is 0 Å². The van der Waals surface area contributed by atoms with Crippen molar-refractivity contribution in [3.63, 3.8) is 0 Å². The number of aliphatic hydroxyl groups is 1. The summed E-state index contributed by atoms with van der Waals surface area (Å²) >= 11 is 0. The Morgan fingerprint density at radius 1 is 0.867 bits per heavy atom. The van der Waals surface area contributed by atoms with E-state index < -0.39 is 26.5 Å². The number of esters is 1. The number of phosphoric ester groups is 1. The third-order valence-corrected chi connectivity index (χ3v) is 5.00. The van der Waals surface area contributed by atoms with Crippen LogP contribution in [-0.2, 0) is 18.6 Å². The van der Waals surface area contributed by atoms with E-state index in [9.17, 15) is 14.5 Å². The molecule has 0 aromatic carbocycles. The number of unbranched alkanes of at least 4 members (excludes halogenated alkanes) is 11. The van der Waals surface area contributed by atoms with Crippen LogP contribution in [0.5, 0.6) is 0 Å². The van der Waals surface area contributed by atoms with Crippen LogP contribution in [0.1, 0.15) is 96.8 Å². The van der Waals surface area contributed by atoms with E-state index in [0.717, 1.165) is 32.1 Å². The van der Waals surface area contributed by atoms with Crippen LogP contribution >= 0.6 is 7.82 Å². The van der Waals surface area contributed by atoms with Crippen molar-refractivity contribution >= 4 is 13.8 Å². The predicted molar refractivity (Wildman–Crippen MR) is 114 cm³/mol. The molecule has 0 heterocycles. The molecule has 0 unspecified atom stereocenters. The number of phosphoric acid groups is 1. The van der Waals surface area contributed by atoms with Gasteiger partial charge in [-0.2, -0.15) is 0 Å². The van der Waals surface area contributed by atoms with E-state index in [4.69, 9.17) is 14.5 Å². The maximum atomic E-state index is 11.5. The Balaban J connectivity index is 0. The summed E-state index contributed by atoms with van der Waals surface area (Å²) in [5, 5.41) is 9.41. The molecular formula is C21H41NaO7P+. The molecule has 172 valence electrons. The van der Waals surface area contributed by atoms with Crippen molar-refractivity contribution in [3.05, 3.63) is 12.2 Å². The Hall–Kier alpha value is 0.280. The molecule has 0 saturated heterocycles. The van der Waals surface area contributed by atoms with Crippen LogP contribution < -0.4 is 29.6 Å². The maximum Gasteiger partial charge on any atom is 1.00 e. The van der Waals surface area contributed by atoms with Crippen molar-refractivity contribution in [2.75, 3.05) is 13.2 Å². The molecule has 0 fully saturated rings. The van der Waals surface area contributed by atoms with E-state index in [1.807, 2.05) is 0 Å². The molecule has 0 rings (SSSR count). The molecule has 7 nitrogen and oxygen atoms in total. The first kappa shape index (κ1) is 32.5. The molecule has 0 aromatic heterocycles. The van der Waals surface area contributed by atoms with Gasteiger partial charge in [-0.25, -0.2) is 4.57 Å². The number of rotatable bonds is 20. The summed E-state index contributed by atoms with van der Waals surface area (Å²) in [6.07, 6.45) is 19.0. The van der Waals surface area contributed by atoms with Gasteiger partial charge in [-0.15, -0.1) is 0 Å². The monoisotopic (exact) mass is 459 g/mol. The Kier molecular flexibility index (Phi) is 24.3. The molecule has 0 saturated carbocycles. The number of hydrogen-bond acceptors (Lipinski definition) is 5. The van der Waals surface area contributed by atoms with E-state index in [-0.39, 0.29) is 42.6 Å². The molecule has 3 N–H and O–H groups in total. The van der Waals surface area contributed by atoms with Gasteiger partial charge in [0.15, 0.2) is 0 Å². The number of ether oxygens (including phenoxy) is 1. The summed E-state index contributed by atoms with van der Waals surface area (Å²) in [5.41, 5.74) is 0. The zero-order chi connectivity index (χ0) is 21.8. The zero-order valence-electron chi connectivity index (χ0n) is 19.0. The van der Waals surface area contributed by atoms with Crippen molar-refractivity contribution in [2.24, 2.45) is 0 Å². The normalized spacial score (nSPS) is 12.7. The zero-order valence-corrected chi connectivity index (χ0v) is 21.9. The van der Waals surface area contributed by atoms with E-state index in [1.165, 1.54) is 51.4 Å². The largest absolute Gasteiger partial charge is 1.00 e. The summed E-state index contributed by atoms with van der Waals surface area (Å²) in [5.74, 6) is -0.419. The average Bonchev–Trinajstić information content (AvgIpc) is 2.67. The van der Waals surface area contributed by atoms with Gasteiger partial charge in [-0.1, -0.05) is 70.4 Å². The van der Waals surface area contributed by atoms with Crippen molar-refractivity contribution in [1.29, 1.82) is 0 Å². The van der Waals surface area contributed by atoms with Crippen LogP contribution in [0.2, 0.25) is 0 Å². The molecule has 9 heteroatoms. The minimum absolute atomic E-state index is 0. The Bertz CT molecular complexity index is 468. The minimum Gasteiger partial charge on any atom is -0.463 e. The first-order chi connectivity index (χ1) is 13.8. The van der Waals surface area contributed by atoms with Gasteiger partial charge < -0.3 is 19.6 Å².